The predicted octanol–water partition coefficient (Wildman–Crippen LogP) is 2.13. The number of hydrogen-bond acceptors (Lipinski definition) is 6. The van der Waals surface area contributed by atoms with E-state index < -0.39 is 0 Å². The Balaban J connectivity index is 1.68. The lowest BCUT2D eigenvalue weighted by Gasteiger charge is -2.04. The topological polar surface area (TPSA) is 78.3 Å². The molecular formula is C14H18N4O3S. The molecule has 2 aromatic rings. The Labute approximate surface area is 132 Å². The largest absolute Gasteiger partial charge is 0.378 e. The van der Waals surface area contributed by atoms with Crippen molar-refractivity contribution < 1.29 is 14.3 Å². The number of anilines is 1. The standard InChI is InChI=1S/C14H18N4O3S/c1-18-10(6-9(17-18)8-20-2)13(19)16-14-15-7-12(22-14)11-4-3-5-21-11/h6-7,11H,3-5,8H2,1-2H3,(H,15,16,19)/t11-/m1/s1. The van der Waals surface area contributed by atoms with Crippen molar-refractivity contribution in [3.05, 3.63) is 28.5 Å². The van der Waals surface area contributed by atoms with Gasteiger partial charge >= 0.3 is 0 Å². The van der Waals surface area contributed by atoms with Gasteiger partial charge in [0.05, 0.1) is 23.3 Å². The number of aromatic nitrogens is 3. The van der Waals surface area contributed by atoms with Gasteiger partial charge in [0.2, 0.25) is 0 Å². The number of ether oxygens (including phenoxy) is 2. The smallest absolute Gasteiger partial charge is 0.275 e. The Morgan fingerprint density at radius 3 is 3.23 bits per heavy atom. The molecule has 1 amide bonds. The van der Waals surface area contributed by atoms with Crippen LogP contribution in [0.1, 0.15) is 40.0 Å². The highest BCUT2D eigenvalue weighted by Crippen LogP contribution is 2.33. The zero-order valence-electron chi connectivity index (χ0n) is 12.5. The molecule has 1 N–H and O–H groups in total. The summed E-state index contributed by atoms with van der Waals surface area (Å²) in [7, 11) is 3.32. The molecule has 0 bridgehead atoms. The fourth-order valence-electron chi connectivity index (χ4n) is 2.41. The van der Waals surface area contributed by atoms with Gasteiger partial charge < -0.3 is 9.47 Å². The van der Waals surface area contributed by atoms with Gasteiger partial charge in [0.25, 0.3) is 5.91 Å². The summed E-state index contributed by atoms with van der Waals surface area (Å²) in [5.41, 5.74) is 1.19. The summed E-state index contributed by atoms with van der Waals surface area (Å²) in [5.74, 6) is -0.231. The van der Waals surface area contributed by atoms with Crippen LogP contribution in [0.2, 0.25) is 0 Å². The fourth-order valence-corrected chi connectivity index (χ4v) is 3.31. The third-order valence-electron chi connectivity index (χ3n) is 3.45. The summed E-state index contributed by atoms with van der Waals surface area (Å²) in [4.78, 5) is 17.6. The highest BCUT2D eigenvalue weighted by Gasteiger charge is 2.21. The highest BCUT2D eigenvalue weighted by atomic mass is 32.1. The average Bonchev–Trinajstić information content (AvgIpc) is 3.19. The number of nitrogens with one attached hydrogen (secondary N) is 1. The molecular weight excluding hydrogens is 304 g/mol. The minimum Gasteiger partial charge on any atom is -0.378 e. The van der Waals surface area contributed by atoms with Crippen LogP contribution < -0.4 is 5.32 Å². The number of carbonyl (C=O) groups excluding carboxylic acids is 1. The van der Waals surface area contributed by atoms with E-state index in [-0.39, 0.29) is 12.0 Å². The fraction of sp³-hybridized carbons (Fsp3) is 0.500. The molecule has 1 atom stereocenters. The van der Waals surface area contributed by atoms with Crippen molar-refractivity contribution in [1.82, 2.24) is 14.8 Å². The van der Waals surface area contributed by atoms with Crippen molar-refractivity contribution in [1.29, 1.82) is 0 Å². The van der Waals surface area contributed by atoms with Gasteiger partial charge in [-0.15, -0.1) is 0 Å². The Kier molecular flexibility index (Phi) is 4.51. The molecule has 1 aliphatic heterocycles. The summed E-state index contributed by atoms with van der Waals surface area (Å²) in [5, 5.41) is 7.61. The number of thiazole rings is 1. The van der Waals surface area contributed by atoms with Crippen LogP contribution in [0.5, 0.6) is 0 Å². The molecule has 118 valence electrons. The summed E-state index contributed by atoms with van der Waals surface area (Å²) in [6.07, 6.45) is 3.97. The number of rotatable bonds is 5. The molecule has 3 heterocycles. The molecule has 0 aromatic carbocycles. The van der Waals surface area contributed by atoms with E-state index in [1.54, 1.807) is 26.4 Å². The van der Waals surface area contributed by atoms with Gasteiger partial charge in [0.15, 0.2) is 5.13 Å². The first-order valence-electron chi connectivity index (χ1n) is 7.08. The van der Waals surface area contributed by atoms with E-state index in [9.17, 15) is 4.79 Å². The lowest BCUT2D eigenvalue weighted by Crippen LogP contribution is -2.15. The number of amides is 1. The quantitative estimate of drug-likeness (QED) is 0.912. The minimum atomic E-state index is -0.231. The Morgan fingerprint density at radius 2 is 2.50 bits per heavy atom. The van der Waals surface area contributed by atoms with E-state index in [1.807, 2.05) is 0 Å². The Hall–Kier alpha value is -1.77. The second-order valence-electron chi connectivity index (χ2n) is 5.10. The Bertz CT molecular complexity index is 661. The maximum Gasteiger partial charge on any atom is 0.275 e. The van der Waals surface area contributed by atoms with Crippen molar-refractivity contribution in [2.75, 3.05) is 19.0 Å². The van der Waals surface area contributed by atoms with E-state index in [1.165, 1.54) is 16.0 Å². The first kappa shape index (κ1) is 15.1. The van der Waals surface area contributed by atoms with Gasteiger partial charge in [-0.2, -0.15) is 5.10 Å². The first-order chi connectivity index (χ1) is 10.7. The second-order valence-corrected chi connectivity index (χ2v) is 6.16. The van der Waals surface area contributed by atoms with Crippen LogP contribution in [0.15, 0.2) is 12.3 Å². The maximum atomic E-state index is 12.3. The van der Waals surface area contributed by atoms with Gasteiger partial charge in [-0.05, 0) is 18.9 Å². The Morgan fingerprint density at radius 1 is 1.64 bits per heavy atom. The number of carbonyl (C=O) groups is 1. The van der Waals surface area contributed by atoms with Crippen molar-refractivity contribution in [2.45, 2.75) is 25.6 Å². The normalized spacial score (nSPS) is 17.8. The van der Waals surface area contributed by atoms with E-state index in [2.05, 4.69) is 15.4 Å². The molecule has 0 aliphatic carbocycles. The van der Waals surface area contributed by atoms with Gasteiger partial charge in [-0.25, -0.2) is 4.98 Å². The summed E-state index contributed by atoms with van der Waals surface area (Å²) >= 11 is 1.45. The molecule has 0 saturated carbocycles. The van der Waals surface area contributed by atoms with Crippen LogP contribution in [-0.4, -0.2) is 34.4 Å². The monoisotopic (exact) mass is 322 g/mol. The highest BCUT2D eigenvalue weighted by molar-refractivity contribution is 7.15. The van der Waals surface area contributed by atoms with Gasteiger partial charge in [-0.1, -0.05) is 11.3 Å². The third-order valence-corrected chi connectivity index (χ3v) is 4.45. The van der Waals surface area contributed by atoms with Crippen LogP contribution in [0.25, 0.3) is 0 Å². The van der Waals surface area contributed by atoms with E-state index >= 15 is 0 Å². The maximum absolute atomic E-state index is 12.3. The van der Waals surface area contributed by atoms with Gasteiger partial charge in [0.1, 0.15) is 5.69 Å². The zero-order valence-corrected chi connectivity index (χ0v) is 13.4. The van der Waals surface area contributed by atoms with E-state index in [0.717, 1.165) is 24.3 Å². The predicted molar refractivity (Wildman–Crippen MR) is 81.9 cm³/mol. The summed E-state index contributed by atoms with van der Waals surface area (Å²) in [6, 6.07) is 1.72. The average molecular weight is 322 g/mol. The summed E-state index contributed by atoms with van der Waals surface area (Å²) in [6.45, 7) is 1.17. The molecule has 3 rings (SSSR count). The summed E-state index contributed by atoms with van der Waals surface area (Å²) < 4.78 is 12.2. The van der Waals surface area contributed by atoms with Crippen molar-refractivity contribution >= 4 is 22.4 Å². The first-order valence-corrected chi connectivity index (χ1v) is 7.89. The molecule has 1 saturated heterocycles. The van der Waals surface area contributed by atoms with Gasteiger partial charge in [-0.3, -0.25) is 14.8 Å². The molecule has 0 radical (unpaired) electrons. The van der Waals surface area contributed by atoms with Crippen LogP contribution in [-0.2, 0) is 23.1 Å². The van der Waals surface area contributed by atoms with Crippen molar-refractivity contribution in [2.24, 2.45) is 7.05 Å². The molecule has 2 aromatic heterocycles. The molecule has 0 spiro atoms. The van der Waals surface area contributed by atoms with Crippen LogP contribution >= 0.6 is 11.3 Å². The third kappa shape index (κ3) is 3.18. The molecule has 7 nitrogen and oxygen atoms in total. The molecule has 1 aliphatic rings. The molecule has 22 heavy (non-hydrogen) atoms. The van der Waals surface area contributed by atoms with E-state index in [4.69, 9.17) is 9.47 Å². The molecule has 1 fully saturated rings. The van der Waals surface area contributed by atoms with Crippen molar-refractivity contribution in [3.8, 4) is 0 Å². The molecule has 0 unspecified atom stereocenters. The SMILES string of the molecule is COCc1cc(C(=O)Nc2ncc([C@H]3CCCO3)s2)n(C)n1. The number of nitrogens with zero attached hydrogens (tertiary/aromatic N) is 3. The van der Waals surface area contributed by atoms with Crippen molar-refractivity contribution in [3.63, 3.8) is 0 Å². The lowest BCUT2D eigenvalue weighted by atomic mass is 10.2. The number of hydrogen-bond donors (Lipinski definition) is 1. The zero-order chi connectivity index (χ0) is 15.5. The lowest BCUT2D eigenvalue weighted by molar-refractivity contribution is 0.101. The minimum absolute atomic E-state index is 0.119. The van der Waals surface area contributed by atoms with Crippen LogP contribution in [0.3, 0.4) is 0 Å². The number of aryl methyl sites for hydroxylation is 1. The molecule has 8 heteroatoms. The van der Waals surface area contributed by atoms with Crippen LogP contribution in [0.4, 0.5) is 5.13 Å². The second kappa shape index (κ2) is 6.55. The van der Waals surface area contributed by atoms with E-state index in [0.29, 0.717) is 23.1 Å². The number of methoxy groups -OCH3 is 1. The van der Waals surface area contributed by atoms with Crippen LogP contribution in [0, 0.1) is 0 Å². The van der Waals surface area contributed by atoms with Gasteiger partial charge in [0, 0.05) is 27.0 Å².